The molecule has 0 saturated carbocycles. The second-order valence-corrected chi connectivity index (χ2v) is 5.18. The van der Waals surface area contributed by atoms with Crippen LogP contribution in [0.3, 0.4) is 0 Å². The average molecular weight is 242 g/mol. The highest BCUT2D eigenvalue weighted by Gasteiger charge is 2.17. The number of rotatable bonds is 5. The van der Waals surface area contributed by atoms with E-state index < -0.39 is 10.0 Å². The van der Waals surface area contributed by atoms with Crippen LogP contribution in [0.15, 0.2) is 42.1 Å². The predicted octanol–water partition coefficient (Wildman–Crippen LogP) is 1.99. The Hall–Kier alpha value is -1.20. The van der Waals surface area contributed by atoms with Crippen molar-refractivity contribution in [2.24, 2.45) is 4.99 Å². The highest BCUT2D eigenvalue weighted by atomic mass is 32.2. The van der Waals surface area contributed by atoms with Crippen molar-refractivity contribution in [3.8, 4) is 0 Å². The molecule has 0 unspecified atom stereocenters. The van der Waals surface area contributed by atoms with E-state index in [2.05, 4.69) is 22.9 Å². The fourth-order valence-electron chi connectivity index (χ4n) is 0.899. The van der Waals surface area contributed by atoms with Crippen LogP contribution in [0.5, 0.6) is 0 Å². The van der Waals surface area contributed by atoms with Crippen LogP contribution >= 0.6 is 0 Å². The summed E-state index contributed by atoms with van der Waals surface area (Å²) in [6.45, 7) is 12.2. The largest absolute Gasteiger partial charge is 0.258 e. The Balaban J connectivity index is 5.32. The molecule has 1 N–H and O–H groups in total. The summed E-state index contributed by atoms with van der Waals surface area (Å²) in [7, 11) is -3.58. The summed E-state index contributed by atoms with van der Waals surface area (Å²) in [5, 5.41) is -0.0615. The molecule has 0 saturated heterocycles. The molecule has 0 aliphatic heterocycles. The zero-order chi connectivity index (χ0) is 12.8. The molecule has 0 spiro atoms. The minimum atomic E-state index is -3.58. The Morgan fingerprint density at radius 3 is 2.31 bits per heavy atom. The molecule has 0 radical (unpaired) electrons. The first-order chi connectivity index (χ1) is 7.33. The second kappa shape index (κ2) is 6.40. The van der Waals surface area contributed by atoms with Gasteiger partial charge in [-0.05, 0) is 32.4 Å². The third-order valence-electron chi connectivity index (χ3n) is 1.56. The molecule has 0 aromatic heterocycles. The maximum Gasteiger partial charge on any atom is 0.258 e. The lowest BCUT2D eigenvalue weighted by Gasteiger charge is -2.09. The van der Waals surface area contributed by atoms with E-state index in [0.717, 1.165) is 5.57 Å². The third-order valence-corrected chi connectivity index (χ3v) is 3.11. The van der Waals surface area contributed by atoms with Crippen LogP contribution in [-0.2, 0) is 10.0 Å². The van der Waals surface area contributed by atoms with Crippen molar-refractivity contribution in [2.45, 2.75) is 26.8 Å². The number of hydrogen-bond donors (Lipinski definition) is 1. The lowest BCUT2D eigenvalue weighted by atomic mass is 10.3. The molecule has 0 fully saturated rings. The van der Waals surface area contributed by atoms with Gasteiger partial charge in [-0.2, -0.15) is 0 Å². The molecular formula is C11H18N2O2S. The summed E-state index contributed by atoms with van der Waals surface area (Å²) in [5.74, 6) is 0. The van der Waals surface area contributed by atoms with E-state index in [1.54, 1.807) is 26.8 Å². The molecular weight excluding hydrogens is 224 g/mol. The number of nitrogens with one attached hydrogen (secondary N) is 1. The molecule has 4 nitrogen and oxygen atoms in total. The smallest absolute Gasteiger partial charge is 0.244 e. The predicted molar refractivity (Wildman–Crippen MR) is 68.8 cm³/mol. The molecule has 0 rings (SSSR count). The number of hydrogen-bond acceptors (Lipinski definition) is 3. The van der Waals surface area contributed by atoms with Gasteiger partial charge in [-0.15, -0.1) is 0 Å². The fraction of sp³-hybridized carbons (Fsp3) is 0.364. The summed E-state index contributed by atoms with van der Waals surface area (Å²) in [4.78, 5) is 3.74. The Labute approximate surface area is 97.5 Å². The summed E-state index contributed by atoms with van der Waals surface area (Å²) in [6.07, 6.45) is 4.20. The van der Waals surface area contributed by atoms with E-state index in [1.807, 2.05) is 0 Å². The number of allylic oxidation sites excluding steroid dienone is 2. The first-order valence-electron chi connectivity index (χ1n) is 4.85. The summed E-state index contributed by atoms with van der Waals surface area (Å²) in [6, 6.07) is -0.183. The van der Waals surface area contributed by atoms with Crippen molar-refractivity contribution in [3.05, 3.63) is 37.1 Å². The third kappa shape index (κ3) is 5.04. The van der Waals surface area contributed by atoms with Gasteiger partial charge < -0.3 is 0 Å². The van der Waals surface area contributed by atoms with Crippen LogP contribution in [0.2, 0.25) is 0 Å². The topological polar surface area (TPSA) is 58.5 Å². The molecule has 0 heterocycles. The normalized spacial score (nSPS) is 14.0. The van der Waals surface area contributed by atoms with Gasteiger partial charge in [0.25, 0.3) is 10.0 Å². The Bertz CT molecular complexity index is 417. The van der Waals surface area contributed by atoms with Crippen molar-refractivity contribution >= 4 is 15.1 Å². The highest BCUT2D eigenvalue weighted by Crippen LogP contribution is 2.01. The molecule has 90 valence electrons. The highest BCUT2D eigenvalue weighted by molar-refractivity contribution is 8.05. The van der Waals surface area contributed by atoms with Gasteiger partial charge in [-0.1, -0.05) is 19.2 Å². The van der Waals surface area contributed by atoms with Crippen molar-refractivity contribution in [2.75, 3.05) is 0 Å². The van der Waals surface area contributed by atoms with Gasteiger partial charge in [0.15, 0.2) is 5.04 Å². The standard InChI is InChI=1S/C11H18N2O2S/c1-6-10(5)8-11(12-7-2)16(14,15)13-9(3)4/h6-9,13H,1-2H2,3-5H3/b10-8-,12-11+. The summed E-state index contributed by atoms with van der Waals surface area (Å²) in [5.41, 5.74) is 0.717. The van der Waals surface area contributed by atoms with Crippen molar-refractivity contribution in [3.63, 3.8) is 0 Å². The molecule has 0 aromatic rings. The average Bonchev–Trinajstić information content (AvgIpc) is 2.14. The first-order valence-corrected chi connectivity index (χ1v) is 6.33. The number of nitrogens with zero attached hydrogens (tertiary/aromatic N) is 1. The fourth-order valence-corrected chi connectivity index (χ4v) is 2.19. The Morgan fingerprint density at radius 2 is 1.94 bits per heavy atom. The van der Waals surface area contributed by atoms with Crippen LogP contribution in [0.4, 0.5) is 0 Å². The van der Waals surface area contributed by atoms with Crippen LogP contribution in [0.1, 0.15) is 20.8 Å². The summed E-state index contributed by atoms with van der Waals surface area (Å²) >= 11 is 0. The molecule has 0 aromatic carbocycles. The lowest BCUT2D eigenvalue weighted by Crippen LogP contribution is -2.35. The number of sulfonamides is 1. The minimum absolute atomic E-state index is 0.0615. The quantitative estimate of drug-likeness (QED) is 0.455. The number of aliphatic imine (C=N–C) groups is 1. The SMILES string of the molecule is C=C/N=C(\C=C(\C)C=C)S(=O)(=O)NC(C)C. The maximum atomic E-state index is 11.8. The van der Waals surface area contributed by atoms with Gasteiger partial charge in [-0.3, -0.25) is 0 Å². The monoisotopic (exact) mass is 242 g/mol. The van der Waals surface area contributed by atoms with Crippen LogP contribution < -0.4 is 4.72 Å². The lowest BCUT2D eigenvalue weighted by molar-refractivity contribution is 0.582. The molecule has 0 atom stereocenters. The minimum Gasteiger partial charge on any atom is -0.244 e. The maximum absolute atomic E-state index is 11.8. The van der Waals surface area contributed by atoms with Crippen LogP contribution in [-0.4, -0.2) is 19.5 Å². The van der Waals surface area contributed by atoms with Crippen molar-refractivity contribution < 1.29 is 8.42 Å². The van der Waals surface area contributed by atoms with Crippen molar-refractivity contribution in [1.29, 1.82) is 0 Å². The summed E-state index contributed by atoms with van der Waals surface area (Å²) < 4.78 is 26.1. The van der Waals surface area contributed by atoms with Gasteiger partial charge >= 0.3 is 0 Å². The van der Waals surface area contributed by atoms with E-state index in [1.165, 1.54) is 12.3 Å². The van der Waals surface area contributed by atoms with E-state index in [-0.39, 0.29) is 11.1 Å². The molecule has 16 heavy (non-hydrogen) atoms. The van der Waals surface area contributed by atoms with E-state index in [9.17, 15) is 8.42 Å². The van der Waals surface area contributed by atoms with Crippen LogP contribution in [0.25, 0.3) is 0 Å². The van der Waals surface area contributed by atoms with Gasteiger partial charge in [0, 0.05) is 12.2 Å². The zero-order valence-electron chi connectivity index (χ0n) is 9.90. The van der Waals surface area contributed by atoms with Gasteiger partial charge in [-0.25, -0.2) is 18.1 Å². The molecule has 0 bridgehead atoms. The molecule has 5 heteroatoms. The van der Waals surface area contributed by atoms with Gasteiger partial charge in [0.05, 0.1) is 0 Å². The van der Waals surface area contributed by atoms with E-state index in [0.29, 0.717) is 0 Å². The molecule has 0 amide bonds. The second-order valence-electron chi connectivity index (χ2n) is 3.52. The van der Waals surface area contributed by atoms with Crippen molar-refractivity contribution in [1.82, 2.24) is 4.72 Å². The van der Waals surface area contributed by atoms with Crippen LogP contribution in [0, 0.1) is 0 Å². The van der Waals surface area contributed by atoms with Gasteiger partial charge in [0.1, 0.15) is 0 Å². The zero-order valence-corrected chi connectivity index (χ0v) is 10.7. The Morgan fingerprint density at radius 1 is 1.38 bits per heavy atom. The Kier molecular flexibility index (Phi) is 5.92. The van der Waals surface area contributed by atoms with Gasteiger partial charge in [0.2, 0.25) is 0 Å². The van der Waals surface area contributed by atoms with E-state index >= 15 is 0 Å². The molecule has 0 aliphatic rings. The molecule has 0 aliphatic carbocycles. The first kappa shape index (κ1) is 14.8. The van der Waals surface area contributed by atoms with E-state index in [4.69, 9.17) is 0 Å².